The molecule has 9 nitrogen and oxygen atoms in total. The minimum absolute atomic E-state index is 0. The molecule has 0 saturated carbocycles. The van der Waals surface area contributed by atoms with Crippen molar-refractivity contribution in [1.29, 1.82) is 0 Å². The number of anilines is 2. The molecule has 12 heteroatoms. The number of benzene rings is 2. The number of hydrogen-bond donors (Lipinski definition) is 1. The average molecular weight is 637 g/mol. The van der Waals surface area contributed by atoms with Crippen LogP contribution in [0.4, 0.5) is 11.4 Å². The topological polar surface area (TPSA) is 147 Å². The van der Waals surface area contributed by atoms with E-state index in [9.17, 15) is 33.0 Å². The molecular weight excluding hydrogens is 599 g/mol. The van der Waals surface area contributed by atoms with Crippen LogP contribution in [0, 0.1) is 0 Å². The number of aliphatic carboxylic acids is 2. The van der Waals surface area contributed by atoms with E-state index in [0.29, 0.717) is 12.1 Å². The number of carboxylic acids is 2. The van der Waals surface area contributed by atoms with Gasteiger partial charge in [-0.3, -0.25) is 4.79 Å². The second-order valence-electron chi connectivity index (χ2n) is 9.60. The van der Waals surface area contributed by atoms with Crippen molar-refractivity contribution in [2.24, 2.45) is 0 Å². The van der Waals surface area contributed by atoms with Gasteiger partial charge >= 0.3 is 103 Å². The van der Waals surface area contributed by atoms with Crippen LogP contribution in [0.15, 0.2) is 54.6 Å². The summed E-state index contributed by atoms with van der Waals surface area (Å²) in [7, 11) is -3.87. The zero-order valence-corrected chi connectivity index (χ0v) is 31.5. The number of para-hydroxylation sites is 1. The first kappa shape index (κ1) is 40.9. The molecule has 1 amide bonds. The van der Waals surface area contributed by atoms with Gasteiger partial charge in [0.2, 0.25) is 10.0 Å². The molecule has 0 spiro atoms. The van der Waals surface area contributed by atoms with E-state index in [4.69, 9.17) is 0 Å². The number of nitrogens with zero attached hydrogens (tertiary/aromatic N) is 1. The molecule has 1 atom stereocenters. The quantitative estimate of drug-likeness (QED) is 0.127. The smallest absolute Gasteiger partial charge is 0.550 e. The average Bonchev–Trinajstić information content (AvgIpc) is 2.89. The largest absolute Gasteiger partial charge is 1.00 e. The van der Waals surface area contributed by atoms with Crippen molar-refractivity contribution < 1.29 is 136 Å². The normalized spacial score (nSPS) is 11.4. The number of amides is 1. The molecule has 0 fully saturated rings. The van der Waals surface area contributed by atoms with Crippen molar-refractivity contribution >= 4 is 39.2 Å². The van der Waals surface area contributed by atoms with Crippen LogP contribution in [0.25, 0.3) is 0 Å². The van der Waals surface area contributed by atoms with Gasteiger partial charge in [0, 0.05) is 29.3 Å². The Morgan fingerprint density at radius 1 is 0.780 bits per heavy atom. The molecule has 214 valence electrons. The second kappa shape index (κ2) is 22.4. The van der Waals surface area contributed by atoms with E-state index in [1.165, 1.54) is 61.3 Å². The molecule has 2 aromatic carbocycles. The third-order valence-corrected chi connectivity index (χ3v) is 7.70. The van der Waals surface area contributed by atoms with Gasteiger partial charge < -0.3 is 24.7 Å². The number of carbonyl (C=O) groups excluding carboxylic acids is 3. The van der Waals surface area contributed by atoms with Gasteiger partial charge in [-0.1, -0.05) is 89.0 Å². The van der Waals surface area contributed by atoms with Crippen LogP contribution in [0.1, 0.15) is 87.9 Å². The third kappa shape index (κ3) is 16.0. The number of rotatable bonds is 19. The van der Waals surface area contributed by atoms with Gasteiger partial charge in [0.05, 0.1) is 17.8 Å². The Hall–Kier alpha value is -0.127. The Bertz CT molecular complexity index is 1180. The standard InChI is InChI=1S/C29H40N2O7S.2K/c1-2-3-4-5-6-7-8-9-10-14-20-39(37,38)30-28(34)23-16-15-19-25(21-23)31(24-17-12-11-13-18-24)26(29(35)36)22-27(32)33;;/h11-13,15-19,21,26H,2-10,14,20,22H2,1H3,(H,30,34)(H,32,33)(H,35,36);;/q;2*+1/p-2. The number of sulfonamides is 1. The minimum atomic E-state index is -3.87. The summed E-state index contributed by atoms with van der Waals surface area (Å²) in [6.45, 7) is 2.19. The molecule has 41 heavy (non-hydrogen) atoms. The molecular formula is C29H38K2N2O7S. The van der Waals surface area contributed by atoms with Crippen molar-refractivity contribution in [2.45, 2.75) is 83.6 Å². The van der Waals surface area contributed by atoms with Crippen LogP contribution in [0.3, 0.4) is 0 Å². The fourth-order valence-electron chi connectivity index (χ4n) is 4.36. The monoisotopic (exact) mass is 636 g/mol. The Balaban J connectivity index is 0.00000800. The summed E-state index contributed by atoms with van der Waals surface area (Å²) in [5.74, 6) is -4.26. The van der Waals surface area contributed by atoms with E-state index in [0.717, 1.165) is 25.7 Å². The van der Waals surface area contributed by atoms with Crippen LogP contribution >= 0.6 is 0 Å². The van der Waals surface area contributed by atoms with Crippen LogP contribution < -0.4 is 123 Å². The zero-order valence-electron chi connectivity index (χ0n) is 24.5. The number of unbranched alkanes of at least 4 members (excludes halogenated alkanes) is 9. The zero-order chi connectivity index (χ0) is 28.7. The first-order valence-corrected chi connectivity index (χ1v) is 15.2. The Morgan fingerprint density at radius 2 is 1.32 bits per heavy atom. The molecule has 0 heterocycles. The first-order chi connectivity index (χ1) is 18.6. The number of carbonyl (C=O) groups is 3. The molecule has 2 aromatic rings. The second-order valence-corrected chi connectivity index (χ2v) is 11.4. The Kier molecular flexibility index (Phi) is 22.3. The molecule has 0 aliphatic heterocycles. The Labute approximate surface area is 329 Å². The minimum Gasteiger partial charge on any atom is -0.550 e. The van der Waals surface area contributed by atoms with Crippen LogP contribution in [0.5, 0.6) is 0 Å². The summed E-state index contributed by atoms with van der Waals surface area (Å²) in [6.07, 6.45) is 9.68. The van der Waals surface area contributed by atoms with E-state index < -0.39 is 40.3 Å². The van der Waals surface area contributed by atoms with Crippen molar-refractivity contribution in [2.75, 3.05) is 10.7 Å². The molecule has 0 aliphatic carbocycles. The fourth-order valence-corrected chi connectivity index (χ4v) is 5.45. The molecule has 0 aliphatic rings. The van der Waals surface area contributed by atoms with E-state index in [1.54, 1.807) is 30.3 Å². The third-order valence-electron chi connectivity index (χ3n) is 6.38. The summed E-state index contributed by atoms with van der Waals surface area (Å²) in [6, 6.07) is 12.2. The van der Waals surface area contributed by atoms with E-state index >= 15 is 0 Å². The number of hydrogen-bond acceptors (Lipinski definition) is 8. The van der Waals surface area contributed by atoms with Crippen molar-refractivity contribution in [3.8, 4) is 0 Å². The van der Waals surface area contributed by atoms with Gasteiger partial charge in [-0.2, -0.15) is 0 Å². The summed E-state index contributed by atoms with van der Waals surface area (Å²) >= 11 is 0. The molecule has 1 N–H and O–H groups in total. The first-order valence-electron chi connectivity index (χ1n) is 13.5. The maximum absolute atomic E-state index is 12.8. The van der Waals surface area contributed by atoms with E-state index in [2.05, 4.69) is 11.6 Å². The molecule has 0 saturated heterocycles. The van der Waals surface area contributed by atoms with Crippen LogP contribution in [-0.4, -0.2) is 38.1 Å². The van der Waals surface area contributed by atoms with E-state index in [1.807, 2.05) is 0 Å². The Morgan fingerprint density at radius 3 is 1.85 bits per heavy atom. The van der Waals surface area contributed by atoms with Gasteiger partial charge in [0.25, 0.3) is 5.91 Å². The molecule has 0 radical (unpaired) electrons. The predicted octanol–water partition coefficient (Wildman–Crippen LogP) is -2.93. The summed E-state index contributed by atoms with van der Waals surface area (Å²) < 4.78 is 27.1. The van der Waals surface area contributed by atoms with Gasteiger partial charge in [0.1, 0.15) is 0 Å². The number of nitrogens with one attached hydrogen (secondary N) is 1. The molecule has 1 unspecified atom stereocenters. The van der Waals surface area contributed by atoms with Crippen LogP contribution in [-0.2, 0) is 19.6 Å². The maximum atomic E-state index is 12.8. The van der Waals surface area contributed by atoms with Crippen molar-refractivity contribution in [1.82, 2.24) is 4.72 Å². The molecule has 0 aromatic heterocycles. The summed E-state index contributed by atoms with van der Waals surface area (Å²) in [5.41, 5.74) is 0.501. The van der Waals surface area contributed by atoms with Gasteiger partial charge in [-0.15, -0.1) is 0 Å². The van der Waals surface area contributed by atoms with Crippen LogP contribution in [0.2, 0.25) is 0 Å². The van der Waals surface area contributed by atoms with Gasteiger partial charge in [0.15, 0.2) is 0 Å². The molecule has 2 rings (SSSR count). The number of carboxylic acid groups (broad SMARTS) is 2. The maximum Gasteiger partial charge on any atom is 1.00 e. The molecule has 0 bridgehead atoms. The van der Waals surface area contributed by atoms with E-state index in [-0.39, 0.29) is 120 Å². The van der Waals surface area contributed by atoms with Crippen molar-refractivity contribution in [3.05, 3.63) is 60.2 Å². The summed E-state index contributed by atoms with van der Waals surface area (Å²) in [4.78, 5) is 37.1. The predicted molar refractivity (Wildman–Crippen MR) is 147 cm³/mol. The van der Waals surface area contributed by atoms with Gasteiger partial charge in [-0.05, 0) is 36.8 Å². The fraction of sp³-hybridized carbons (Fsp3) is 0.483. The summed E-state index contributed by atoms with van der Waals surface area (Å²) in [5, 5.41) is 23.1. The SMILES string of the molecule is CCCCCCCCCCCCS(=O)(=O)NC(=O)c1cccc(N(c2ccccc2)C(CC(=O)[O-])C(=O)[O-])c1.[K+].[K+]. The van der Waals surface area contributed by atoms with Crippen molar-refractivity contribution in [3.63, 3.8) is 0 Å². The van der Waals surface area contributed by atoms with Gasteiger partial charge in [-0.25, -0.2) is 13.1 Å².